The van der Waals surface area contributed by atoms with E-state index in [1.165, 1.54) is 5.56 Å². The lowest BCUT2D eigenvalue weighted by atomic mass is 10.1. The minimum atomic E-state index is -0.807. The van der Waals surface area contributed by atoms with Gasteiger partial charge in [-0.05, 0) is 37.1 Å². The summed E-state index contributed by atoms with van der Waals surface area (Å²) in [5, 5.41) is 13.8. The van der Waals surface area contributed by atoms with E-state index in [0.717, 1.165) is 23.8 Å². The fourth-order valence-corrected chi connectivity index (χ4v) is 2.89. The van der Waals surface area contributed by atoms with Crippen molar-refractivity contribution >= 4 is 16.9 Å². The molecule has 0 saturated carbocycles. The molecule has 1 amide bonds. The second-order valence-electron chi connectivity index (χ2n) is 6.15. The number of nitrogens with one attached hydrogen (secondary N) is 1. The van der Waals surface area contributed by atoms with Crippen LogP contribution in [0.5, 0.6) is 0 Å². The van der Waals surface area contributed by atoms with Gasteiger partial charge in [0.05, 0.1) is 6.10 Å². The predicted molar refractivity (Wildman–Crippen MR) is 96.5 cm³/mol. The van der Waals surface area contributed by atoms with Gasteiger partial charge in [-0.3, -0.25) is 9.78 Å². The third-order valence-corrected chi connectivity index (χ3v) is 4.27. The van der Waals surface area contributed by atoms with E-state index in [-0.39, 0.29) is 12.5 Å². The number of benzene rings is 1. The molecule has 1 atom stereocenters. The Kier molecular flexibility index (Phi) is 5.14. The lowest BCUT2D eigenvalue weighted by molar-refractivity contribution is 0.0890. The zero-order chi connectivity index (χ0) is 17.8. The first-order valence-corrected chi connectivity index (χ1v) is 8.48. The average Bonchev–Trinajstić information content (AvgIpc) is 2.97. The third kappa shape index (κ3) is 3.72. The summed E-state index contributed by atoms with van der Waals surface area (Å²) in [5.74, 6) is -0.0317. The van der Waals surface area contributed by atoms with E-state index in [1.54, 1.807) is 24.5 Å². The van der Waals surface area contributed by atoms with Crippen LogP contribution in [-0.2, 0) is 6.42 Å². The van der Waals surface area contributed by atoms with Crippen LogP contribution < -0.4 is 5.32 Å². The molecule has 0 saturated heterocycles. The molecule has 2 heterocycles. The van der Waals surface area contributed by atoms with Crippen LogP contribution in [0.15, 0.2) is 47.1 Å². The molecule has 0 spiro atoms. The fraction of sp³-hybridized carbons (Fsp3) is 0.300. The molecule has 25 heavy (non-hydrogen) atoms. The first-order chi connectivity index (χ1) is 12.1. The monoisotopic (exact) mass is 338 g/mol. The van der Waals surface area contributed by atoms with E-state index >= 15 is 0 Å². The van der Waals surface area contributed by atoms with Crippen molar-refractivity contribution in [1.29, 1.82) is 0 Å². The van der Waals surface area contributed by atoms with Gasteiger partial charge in [0.25, 0.3) is 5.91 Å². The van der Waals surface area contributed by atoms with E-state index in [0.29, 0.717) is 16.9 Å². The highest BCUT2D eigenvalue weighted by Crippen LogP contribution is 2.26. The Balaban J connectivity index is 1.74. The van der Waals surface area contributed by atoms with Crippen LogP contribution in [0.25, 0.3) is 11.0 Å². The number of fused-ring (bicyclic) bond motifs is 1. The number of furan rings is 1. The Labute approximate surface area is 146 Å². The molecular formula is C20H22N2O3. The smallest absolute Gasteiger partial charge is 0.287 e. The highest BCUT2D eigenvalue weighted by Gasteiger charge is 2.19. The van der Waals surface area contributed by atoms with Crippen molar-refractivity contribution in [3.8, 4) is 0 Å². The summed E-state index contributed by atoms with van der Waals surface area (Å²) in [5.41, 5.74) is 3.42. The number of aliphatic hydroxyl groups excluding tert-OH is 1. The Morgan fingerprint density at radius 3 is 2.92 bits per heavy atom. The summed E-state index contributed by atoms with van der Waals surface area (Å²) in [4.78, 5) is 16.4. The zero-order valence-electron chi connectivity index (χ0n) is 14.5. The molecule has 0 aliphatic heterocycles. The molecule has 0 aliphatic rings. The number of hydrogen-bond acceptors (Lipinski definition) is 4. The molecule has 3 rings (SSSR count). The summed E-state index contributed by atoms with van der Waals surface area (Å²) >= 11 is 0. The molecule has 1 unspecified atom stereocenters. The van der Waals surface area contributed by atoms with Gasteiger partial charge in [-0.25, -0.2) is 0 Å². The van der Waals surface area contributed by atoms with E-state index in [2.05, 4.69) is 23.3 Å². The summed E-state index contributed by atoms with van der Waals surface area (Å²) in [6, 6.07) is 9.54. The lowest BCUT2D eigenvalue weighted by Gasteiger charge is -2.11. The largest absolute Gasteiger partial charge is 0.451 e. The van der Waals surface area contributed by atoms with Crippen molar-refractivity contribution in [3.63, 3.8) is 0 Å². The average molecular weight is 338 g/mol. The molecule has 0 fully saturated rings. The molecule has 130 valence electrons. The van der Waals surface area contributed by atoms with E-state index < -0.39 is 6.10 Å². The molecule has 0 radical (unpaired) electrons. The van der Waals surface area contributed by atoms with Gasteiger partial charge < -0.3 is 14.8 Å². The summed E-state index contributed by atoms with van der Waals surface area (Å²) in [6.45, 7) is 4.12. The van der Waals surface area contributed by atoms with Crippen molar-refractivity contribution in [1.82, 2.24) is 10.3 Å². The standard InChI is InChI=1S/C20H22N2O3/c1-3-5-14-7-8-18-16(10-14)13(2)19(25-18)20(24)22-12-17(23)15-6-4-9-21-11-15/h4,6-11,17,23H,3,5,12H2,1-2H3,(H,22,24). The predicted octanol–water partition coefficient (Wildman–Crippen LogP) is 3.55. The van der Waals surface area contributed by atoms with Crippen LogP contribution in [0.1, 0.15) is 46.7 Å². The van der Waals surface area contributed by atoms with Crippen molar-refractivity contribution in [2.45, 2.75) is 32.8 Å². The van der Waals surface area contributed by atoms with Gasteiger partial charge in [0.1, 0.15) is 5.58 Å². The maximum atomic E-state index is 12.4. The molecule has 0 bridgehead atoms. The minimum absolute atomic E-state index is 0.0993. The molecule has 5 heteroatoms. The van der Waals surface area contributed by atoms with Gasteiger partial charge in [0.15, 0.2) is 5.76 Å². The molecule has 5 nitrogen and oxygen atoms in total. The lowest BCUT2D eigenvalue weighted by Crippen LogP contribution is -2.28. The number of rotatable bonds is 6. The van der Waals surface area contributed by atoms with Crippen LogP contribution in [0.4, 0.5) is 0 Å². The number of carbonyl (C=O) groups is 1. The van der Waals surface area contributed by atoms with E-state index in [4.69, 9.17) is 4.42 Å². The summed E-state index contributed by atoms with van der Waals surface area (Å²) < 4.78 is 5.73. The number of aliphatic hydroxyl groups is 1. The molecule has 2 aromatic heterocycles. The van der Waals surface area contributed by atoms with Gasteiger partial charge in [-0.1, -0.05) is 25.5 Å². The third-order valence-electron chi connectivity index (χ3n) is 4.27. The maximum Gasteiger partial charge on any atom is 0.287 e. The second-order valence-corrected chi connectivity index (χ2v) is 6.15. The maximum absolute atomic E-state index is 12.4. The highest BCUT2D eigenvalue weighted by molar-refractivity contribution is 5.99. The fourth-order valence-electron chi connectivity index (χ4n) is 2.89. The zero-order valence-corrected chi connectivity index (χ0v) is 14.5. The Hall–Kier alpha value is -2.66. The second kappa shape index (κ2) is 7.49. The number of aromatic nitrogens is 1. The number of hydrogen-bond donors (Lipinski definition) is 2. The van der Waals surface area contributed by atoms with Crippen LogP contribution in [-0.4, -0.2) is 22.5 Å². The number of aryl methyl sites for hydroxylation is 2. The quantitative estimate of drug-likeness (QED) is 0.721. The van der Waals surface area contributed by atoms with Crippen LogP contribution >= 0.6 is 0 Å². The van der Waals surface area contributed by atoms with Crippen LogP contribution in [0.2, 0.25) is 0 Å². The Bertz CT molecular complexity index is 871. The van der Waals surface area contributed by atoms with E-state index in [1.807, 2.05) is 19.1 Å². The Morgan fingerprint density at radius 2 is 2.20 bits per heavy atom. The molecule has 0 aliphatic carbocycles. The number of pyridine rings is 1. The number of amides is 1. The number of carbonyl (C=O) groups excluding carboxylic acids is 1. The van der Waals surface area contributed by atoms with Crippen molar-refractivity contribution in [2.24, 2.45) is 0 Å². The van der Waals surface area contributed by atoms with Crippen LogP contribution in [0.3, 0.4) is 0 Å². The molecular weight excluding hydrogens is 316 g/mol. The summed E-state index contributed by atoms with van der Waals surface area (Å²) in [6.07, 6.45) is 4.48. The first-order valence-electron chi connectivity index (χ1n) is 8.48. The van der Waals surface area contributed by atoms with Crippen molar-refractivity contribution in [2.75, 3.05) is 6.54 Å². The molecule has 3 aromatic rings. The topological polar surface area (TPSA) is 75.4 Å². The van der Waals surface area contributed by atoms with Crippen molar-refractivity contribution < 1.29 is 14.3 Å². The minimum Gasteiger partial charge on any atom is -0.451 e. The SMILES string of the molecule is CCCc1ccc2oc(C(=O)NCC(O)c3cccnc3)c(C)c2c1. The highest BCUT2D eigenvalue weighted by atomic mass is 16.3. The van der Waals surface area contributed by atoms with Gasteiger partial charge in [0.2, 0.25) is 0 Å². The summed E-state index contributed by atoms with van der Waals surface area (Å²) in [7, 11) is 0. The van der Waals surface area contributed by atoms with Gasteiger partial charge in [-0.15, -0.1) is 0 Å². The van der Waals surface area contributed by atoms with Crippen molar-refractivity contribution in [3.05, 3.63) is 65.2 Å². The van der Waals surface area contributed by atoms with E-state index in [9.17, 15) is 9.90 Å². The molecule has 1 aromatic carbocycles. The normalized spacial score (nSPS) is 12.3. The van der Waals surface area contributed by atoms with Crippen LogP contribution in [0, 0.1) is 6.92 Å². The van der Waals surface area contributed by atoms with Gasteiger partial charge in [-0.2, -0.15) is 0 Å². The number of nitrogens with zero attached hydrogens (tertiary/aromatic N) is 1. The first kappa shape index (κ1) is 17.2. The Morgan fingerprint density at radius 1 is 1.36 bits per heavy atom. The van der Waals surface area contributed by atoms with Gasteiger partial charge in [0, 0.05) is 35.5 Å². The molecule has 2 N–H and O–H groups in total. The van der Waals surface area contributed by atoms with Gasteiger partial charge >= 0.3 is 0 Å².